The first kappa shape index (κ1) is 17.1. The number of thioether (sulfide) groups is 1. The van der Waals surface area contributed by atoms with Gasteiger partial charge in [0.05, 0.1) is 0 Å². The molecule has 2 aliphatic rings. The predicted octanol–water partition coefficient (Wildman–Crippen LogP) is 3.29. The lowest BCUT2D eigenvalue weighted by atomic mass is 9.92. The van der Waals surface area contributed by atoms with E-state index in [1.807, 2.05) is 11.8 Å². The van der Waals surface area contributed by atoms with E-state index in [9.17, 15) is 4.79 Å². The van der Waals surface area contributed by atoms with Crippen molar-refractivity contribution in [3.05, 3.63) is 0 Å². The van der Waals surface area contributed by atoms with E-state index in [-0.39, 0.29) is 5.92 Å². The van der Waals surface area contributed by atoms with Crippen LogP contribution in [0.1, 0.15) is 58.3 Å². The Morgan fingerprint density at radius 1 is 1.10 bits per heavy atom. The van der Waals surface area contributed by atoms with Gasteiger partial charge in [-0.3, -0.25) is 4.79 Å². The molecule has 1 saturated heterocycles. The van der Waals surface area contributed by atoms with Crippen molar-refractivity contribution in [2.24, 2.45) is 5.92 Å². The molecule has 2 rings (SSSR count). The Morgan fingerprint density at radius 2 is 1.90 bits per heavy atom. The van der Waals surface area contributed by atoms with Gasteiger partial charge in [-0.1, -0.05) is 26.2 Å². The van der Waals surface area contributed by atoms with Gasteiger partial charge in [0, 0.05) is 24.3 Å². The topological polar surface area (TPSA) is 32.3 Å². The van der Waals surface area contributed by atoms with Crippen molar-refractivity contribution in [1.82, 2.24) is 10.2 Å². The first-order valence-corrected chi connectivity index (χ1v) is 10.1. The molecule has 1 atom stereocenters. The molecule has 1 N–H and O–H groups in total. The zero-order valence-corrected chi connectivity index (χ0v) is 14.4. The van der Waals surface area contributed by atoms with Gasteiger partial charge in [-0.05, 0) is 50.9 Å². The second-order valence-corrected chi connectivity index (χ2v) is 7.79. The van der Waals surface area contributed by atoms with Crippen LogP contribution in [-0.2, 0) is 4.79 Å². The molecule has 1 aliphatic carbocycles. The molecule has 1 amide bonds. The molecule has 2 fully saturated rings. The van der Waals surface area contributed by atoms with Crippen LogP contribution in [0.25, 0.3) is 0 Å². The van der Waals surface area contributed by atoms with Crippen LogP contribution in [0.5, 0.6) is 0 Å². The summed E-state index contributed by atoms with van der Waals surface area (Å²) in [6.45, 7) is 5.26. The van der Waals surface area contributed by atoms with E-state index in [0.29, 0.717) is 11.9 Å². The highest BCUT2D eigenvalue weighted by atomic mass is 32.2. The molecule has 21 heavy (non-hydrogen) atoms. The second kappa shape index (κ2) is 9.73. The van der Waals surface area contributed by atoms with E-state index in [0.717, 1.165) is 50.4 Å². The van der Waals surface area contributed by atoms with Gasteiger partial charge in [0.1, 0.15) is 0 Å². The lowest BCUT2D eigenvalue weighted by Gasteiger charge is -2.36. The fraction of sp³-hybridized carbons (Fsp3) is 0.941. The molecule has 0 aromatic rings. The number of nitrogens with zero attached hydrogens (tertiary/aromatic N) is 1. The van der Waals surface area contributed by atoms with Gasteiger partial charge in [-0.2, -0.15) is 11.8 Å². The van der Waals surface area contributed by atoms with Crippen LogP contribution in [0, 0.1) is 5.92 Å². The number of carbonyl (C=O) groups is 1. The summed E-state index contributed by atoms with van der Waals surface area (Å²) in [6, 6.07) is 0.528. The lowest BCUT2D eigenvalue weighted by Crippen LogP contribution is -2.45. The second-order valence-electron chi connectivity index (χ2n) is 6.40. The standard InChI is InChI=1S/C17H32N2OS/c1-2-21-14-13-19(16-8-4-3-5-9-16)17(20)15-7-6-11-18-12-10-15/h15-16,18H,2-14H2,1H3. The van der Waals surface area contributed by atoms with E-state index >= 15 is 0 Å². The highest BCUT2D eigenvalue weighted by molar-refractivity contribution is 7.99. The zero-order valence-electron chi connectivity index (χ0n) is 13.6. The third kappa shape index (κ3) is 5.48. The molecule has 1 heterocycles. The number of carbonyl (C=O) groups excluding carboxylic acids is 1. The average Bonchev–Trinajstić information content (AvgIpc) is 2.81. The summed E-state index contributed by atoms with van der Waals surface area (Å²) in [5, 5.41) is 3.43. The summed E-state index contributed by atoms with van der Waals surface area (Å²) < 4.78 is 0. The predicted molar refractivity (Wildman–Crippen MR) is 91.8 cm³/mol. The monoisotopic (exact) mass is 312 g/mol. The van der Waals surface area contributed by atoms with E-state index in [4.69, 9.17) is 0 Å². The highest BCUT2D eigenvalue weighted by Crippen LogP contribution is 2.26. The van der Waals surface area contributed by atoms with E-state index < -0.39 is 0 Å². The van der Waals surface area contributed by atoms with Crippen molar-refractivity contribution in [2.45, 2.75) is 64.3 Å². The maximum Gasteiger partial charge on any atom is 0.226 e. The summed E-state index contributed by atoms with van der Waals surface area (Å²) >= 11 is 1.96. The van der Waals surface area contributed by atoms with Gasteiger partial charge < -0.3 is 10.2 Å². The van der Waals surface area contributed by atoms with Crippen LogP contribution in [0.4, 0.5) is 0 Å². The van der Waals surface area contributed by atoms with Crippen LogP contribution < -0.4 is 5.32 Å². The van der Waals surface area contributed by atoms with Crippen molar-refractivity contribution in [3.63, 3.8) is 0 Å². The molecule has 0 spiro atoms. The largest absolute Gasteiger partial charge is 0.339 e. The molecule has 1 aliphatic heterocycles. The van der Waals surface area contributed by atoms with Crippen LogP contribution in [0.15, 0.2) is 0 Å². The first-order chi connectivity index (χ1) is 10.3. The molecule has 0 bridgehead atoms. The number of hydrogen-bond donors (Lipinski definition) is 1. The molecular weight excluding hydrogens is 280 g/mol. The van der Waals surface area contributed by atoms with E-state index in [1.165, 1.54) is 32.1 Å². The van der Waals surface area contributed by atoms with Gasteiger partial charge >= 0.3 is 0 Å². The summed E-state index contributed by atoms with van der Waals surface area (Å²) in [5.74, 6) is 2.99. The Labute approximate surface area is 134 Å². The Morgan fingerprint density at radius 3 is 2.67 bits per heavy atom. The van der Waals surface area contributed by atoms with Gasteiger partial charge in [0.15, 0.2) is 0 Å². The van der Waals surface area contributed by atoms with Crippen molar-refractivity contribution >= 4 is 17.7 Å². The zero-order chi connectivity index (χ0) is 14.9. The highest BCUT2D eigenvalue weighted by Gasteiger charge is 2.30. The molecule has 122 valence electrons. The van der Waals surface area contributed by atoms with Crippen LogP contribution in [0.3, 0.4) is 0 Å². The van der Waals surface area contributed by atoms with Crippen LogP contribution in [-0.4, -0.2) is 48.0 Å². The summed E-state index contributed by atoms with van der Waals surface area (Å²) in [7, 11) is 0. The number of rotatable bonds is 6. The number of amides is 1. The fourth-order valence-corrected chi connectivity index (χ4v) is 4.29. The van der Waals surface area contributed by atoms with Crippen molar-refractivity contribution in [3.8, 4) is 0 Å². The minimum Gasteiger partial charge on any atom is -0.339 e. The maximum atomic E-state index is 13.0. The third-order valence-corrected chi connectivity index (χ3v) is 5.78. The Kier molecular flexibility index (Phi) is 7.94. The first-order valence-electron chi connectivity index (χ1n) is 8.92. The maximum absolute atomic E-state index is 13.0. The number of hydrogen-bond acceptors (Lipinski definition) is 3. The molecule has 3 nitrogen and oxygen atoms in total. The molecule has 1 saturated carbocycles. The molecule has 0 radical (unpaired) electrons. The van der Waals surface area contributed by atoms with Gasteiger partial charge in [0.25, 0.3) is 0 Å². The molecule has 0 aromatic carbocycles. The molecule has 0 aromatic heterocycles. The van der Waals surface area contributed by atoms with Crippen molar-refractivity contribution < 1.29 is 4.79 Å². The van der Waals surface area contributed by atoms with Gasteiger partial charge in [0.2, 0.25) is 5.91 Å². The lowest BCUT2D eigenvalue weighted by molar-refractivity contribution is -0.138. The Hall–Kier alpha value is -0.220. The summed E-state index contributed by atoms with van der Waals surface area (Å²) in [5.41, 5.74) is 0. The third-order valence-electron chi connectivity index (χ3n) is 4.90. The number of nitrogens with one attached hydrogen (secondary N) is 1. The van der Waals surface area contributed by atoms with Crippen molar-refractivity contribution in [1.29, 1.82) is 0 Å². The van der Waals surface area contributed by atoms with Gasteiger partial charge in [-0.25, -0.2) is 0 Å². The fourth-order valence-electron chi connectivity index (χ4n) is 3.67. The molecular formula is C17H32N2OS. The minimum atomic E-state index is 0.272. The normalized spacial score (nSPS) is 24.5. The summed E-state index contributed by atoms with van der Waals surface area (Å²) in [6.07, 6.45) is 9.69. The SMILES string of the molecule is CCSCCN(C(=O)C1CCCNCC1)C1CCCCC1. The van der Waals surface area contributed by atoms with Crippen LogP contribution in [0.2, 0.25) is 0 Å². The van der Waals surface area contributed by atoms with E-state index in [1.54, 1.807) is 0 Å². The van der Waals surface area contributed by atoms with Gasteiger partial charge in [-0.15, -0.1) is 0 Å². The summed E-state index contributed by atoms with van der Waals surface area (Å²) in [4.78, 5) is 15.3. The smallest absolute Gasteiger partial charge is 0.226 e. The van der Waals surface area contributed by atoms with Crippen LogP contribution >= 0.6 is 11.8 Å². The molecule has 4 heteroatoms. The molecule has 1 unspecified atom stereocenters. The Balaban J connectivity index is 1.95. The van der Waals surface area contributed by atoms with E-state index in [2.05, 4.69) is 17.1 Å². The minimum absolute atomic E-state index is 0.272. The van der Waals surface area contributed by atoms with Crippen molar-refractivity contribution in [2.75, 3.05) is 31.1 Å². The quantitative estimate of drug-likeness (QED) is 0.764. The Bertz CT molecular complexity index is 297. The average molecular weight is 313 g/mol.